The molecule has 6 nitrogen and oxygen atoms in total. The molecule has 1 aliphatic rings. The Morgan fingerprint density at radius 3 is 2.55 bits per heavy atom. The summed E-state index contributed by atoms with van der Waals surface area (Å²) in [5.74, 6) is 0.805. The molecule has 2 rings (SSSR count). The third-order valence-corrected chi connectivity index (χ3v) is 5.30. The molecule has 0 saturated carbocycles. The van der Waals surface area contributed by atoms with Crippen LogP contribution in [0.15, 0.2) is 29.3 Å². The van der Waals surface area contributed by atoms with E-state index < -0.39 is 0 Å². The number of nitrogens with zero attached hydrogens (tertiary/aromatic N) is 2. The first-order chi connectivity index (χ1) is 13.5. The second-order valence-electron chi connectivity index (χ2n) is 8.01. The first-order valence-corrected chi connectivity index (χ1v) is 10.5. The van der Waals surface area contributed by atoms with E-state index in [1.807, 2.05) is 18.2 Å². The van der Waals surface area contributed by atoms with Crippen molar-refractivity contribution in [2.75, 3.05) is 39.8 Å². The number of nitrogens with one attached hydrogen (secondary N) is 3. The Hall–Kier alpha value is -1.35. The minimum absolute atomic E-state index is 0. The number of likely N-dealkylation sites (tertiary alicyclic amines) is 1. The van der Waals surface area contributed by atoms with Crippen LogP contribution in [0.1, 0.15) is 56.0 Å². The van der Waals surface area contributed by atoms with Gasteiger partial charge >= 0.3 is 0 Å². The van der Waals surface area contributed by atoms with Gasteiger partial charge in [0.05, 0.1) is 6.54 Å². The number of carbonyl (C=O) groups is 1. The van der Waals surface area contributed by atoms with Gasteiger partial charge in [-0.05, 0) is 70.8 Å². The van der Waals surface area contributed by atoms with Gasteiger partial charge in [-0.3, -0.25) is 14.7 Å². The molecule has 1 aromatic carbocycles. The Morgan fingerprint density at radius 2 is 1.90 bits per heavy atom. The molecule has 0 aliphatic carbocycles. The van der Waals surface area contributed by atoms with Gasteiger partial charge in [-0.2, -0.15) is 0 Å². The molecule has 0 spiro atoms. The number of benzene rings is 1. The van der Waals surface area contributed by atoms with Crippen LogP contribution in [0.2, 0.25) is 0 Å². The average Bonchev–Trinajstić information content (AvgIpc) is 2.72. The minimum Gasteiger partial charge on any atom is -0.357 e. The fourth-order valence-corrected chi connectivity index (χ4v) is 3.55. The van der Waals surface area contributed by atoms with E-state index >= 15 is 0 Å². The van der Waals surface area contributed by atoms with E-state index in [1.165, 1.54) is 32.4 Å². The number of hydrogen-bond acceptors (Lipinski definition) is 3. The molecule has 1 saturated heterocycles. The number of carbonyl (C=O) groups excluding carboxylic acids is 1. The Balaban J connectivity index is 0.00000420. The van der Waals surface area contributed by atoms with E-state index in [-0.39, 0.29) is 35.4 Å². The summed E-state index contributed by atoms with van der Waals surface area (Å²) >= 11 is 0. The molecular formula is C22H38IN5O. The maximum absolute atomic E-state index is 11.8. The maximum atomic E-state index is 11.8. The number of rotatable bonds is 8. The van der Waals surface area contributed by atoms with Crippen molar-refractivity contribution in [2.24, 2.45) is 4.99 Å². The normalized spacial score (nSPS) is 15.4. The predicted octanol–water partition coefficient (Wildman–Crippen LogP) is 3.03. The summed E-state index contributed by atoms with van der Waals surface area (Å²) in [6.45, 7) is 11.4. The summed E-state index contributed by atoms with van der Waals surface area (Å²) in [6, 6.07) is 7.77. The van der Waals surface area contributed by atoms with E-state index in [1.54, 1.807) is 7.05 Å². The zero-order valence-corrected chi connectivity index (χ0v) is 20.7. The standard InChI is InChI=1S/C22H37N5O.HI/c1-5-24-21(26-17-22(2,3)27-14-7-6-8-15-27)25-13-12-18-10-9-11-19(16-18)20(28)23-4;/h9-11,16H,5-8,12-15,17H2,1-4H3,(H,23,28)(H2,24,25,26);1H. The van der Waals surface area contributed by atoms with Crippen LogP contribution in [0, 0.1) is 0 Å². The highest BCUT2D eigenvalue weighted by Crippen LogP contribution is 2.20. The Labute approximate surface area is 193 Å². The third kappa shape index (κ3) is 8.50. The monoisotopic (exact) mass is 515 g/mol. The van der Waals surface area contributed by atoms with E-state index in [2.05, 4.69) is 47.7 Å². The number of piperidine rings is 1. The molecule has 29 heavy (non-hydrogen) atoms. The molecule has 3 N–H and O–H groups in total. The van der Waals surface area contributed by atoms with Crippen LogP contribution in [0.25, 0.3) is 0 Å². The molecule has 0 aromatic heterocycles. The molecule has 1 heterocycles. The summed E-state index contributed by atoms with van der Waals surface area (Å²) in [6.07, 6.45) is 4.77. The number of guanidine groups is 1. The Bertz CT molecular complexity index is 656. The molecule has 0 unspecified atom stereocenters. The van der Waals surface area contributed by atoms with Crippen molar-refractivity contribution in [3.63, 3.8) is 0 Å². The van der Waals surface area contributed by atoms with Gasteiger partial charge in [-0.25, -0.2) is 0 Å². The highest BCUT2D eigenvalue weighted by atomic mass is 127. The van der Waals surface area contributed by atoms with Gasteiger partial charge in [0.25, 0.3) is 5.91 Å². The van der Waals surface area contributed by atoms with Gasteiger partial charge in [0.1, 0.15) is 0 Å². The average molecular weight is 515 g/mol. The van der Waals surface area contributed by atoms with Crippen LogP contribution in [-0.4, -0.2) is 62.1 Å². The van der Waals surface area contributed by atoms with Crippen molar-refractivity contribution in [3.05, 3.63) is 35.4 Å². The van der Waals surface area contributed by atoms with Crippen molar-refractivity contribution in [1.82, 2.24) is 20.9 Å². The predicted molar refractivity (Wildman–Crippen MR) is 132 cm³/mol. The SMILES string of the molecule is CCNC(=NCC(C)(C)N1CCCCC1)NCCc1cccc(C(=O)NC)c1.I. The summed E-state index contributed by atoms with van der Waals surface area (Å²) < 4.78 is 0. The first kappa shape index (κ1) is 25.7. The van der Waals surface area contributed by atoms with Crippen LogP contribution in [0.3, 0.4) is 0 Å². The van der Waals surface area contributed by atoms with E-state index in [4.69, 9.17) is 4.99 Å². The van der Waals surface area contributed by atoms with Crippen molar-refractivity contribution < 1.29 is 4.79 Å². The summed E-state index contributed by atoms with van der Waals surface area (Å²) in [7, 11) is 1.65. The molecule has 1 aromatic rings. The van der Waals surface area contributed by atoms with Gasteiger partial charge in [0.15, 0.2) is 5.96 Å². The molecule has 0 bridgehead atoms. The molecule has 1 fully saturated rings. The van der Waals surface area contributed by atoms with Crippen LogP contribution in [0.4, 0.5) is 0 Å². The lowest BCUT2D eigenvalue weighted by atomic mass is 9.99. The fraction of sp³-hybridized carbons (Fsp3) is 0.636. The minimum atomic E-state index is -0.0512. The number of hydrogen-bond donors (Lipinski definition) is 3. The Morgan fingerprint density at radius 1 is 1.17 bits per heavy atom. The van der Waals surface area contributed by atoms with Gasteiger partial charge in [0, 0.05) is 31.2 Å². The molecule has 1 aliphatic heterocycles. The lowest BCUT2D eigenvalue weighted by molar-refractivity contribution is 0.0963. The zero-order chi connectivity index (χ0) is 20.4. The van der Waals surface area contributed by atoms with Crippen molar-refractivity contribution in [3.8, 4) is 0 Å². The van der Waals surface area contributed by atoms with Crippen LogP contribution < -0.4 is 16.0 Å². The fourth-order valence-electron chi connectivity index (χ4n) is 3.55. The summed E-state index contributed by atoms with van der Waals surface area (Å²) in [5, 5.41) is 9.44. The van der Waals surface area contributed by atoms with Crippen LogP contribution in [-0.2, 0) is 6.42 Å². The summed E-state index contributed by atoms with van der Waals surface area (Å²) in [5.41, 5.74) is 1.91. The van der Waals surface area contributed by atoms with Gasteiger partial charge in [0.2, 0.25) is 0 Å². The van der Waals surface area contributed by atoms with Gasteiger partial charge in [-0.15, -0.1) is 24.0 Å². The quantitative estimate of drug-likeness (QED) is 0.283. The first-order valence-electron chi connectivity index (χ1n) is 10.5. The van der Waals surface area contributed by atoms with Crippen LogP contribution in [0.5, 0.6) is 0 Å². The Kier molecular flexibility index (Phi) is 11.6. The van der Waals surface area contributed by atoms with E-state index in [0.717, 1.165) is 37.6 Å². The second kappa shape index (κ2) is 13.1. The van der Waals surface area contributed by atoms with Crippen molar-refractivity contribution >= 4 is 35.8 Å². The van der Waals surface area contributed by atoms with Crippen molar-refractivity contribution in [1.29, 1.82) is 0 Å². The largest absolute Gasteiger partial charge is 0.357 e. The maximum Gasteiger partial charge on any atom is 0.251 e. The smallest absolute Gasteiger partial charge is 0.251 e. The topological polar surface area (TPSA) is 68.8 Å². The number of halogens is 1. The van der Waals surface area contributed by atoms with E-state index in [0.29, 0.717) is 5.56 Å². The van der Waals surface area contributed by atoms with Gasteiger partial charge < -0.3 is 16.0 Å². The number of aliphatic imine (C=N–C) groups is 1. The molecule has 164 valence electrons. The molecule has 0 atom stereocenters. The molecular weight excluding hydrogens is 477 g/mol. The highest BCUT2D eigenvalue weighted by Gasteiger charge is 2.27. The second-order valence-corrected chi connectivity index (χ2v) is 8.01. The molecule has 0 radical (unpaired) electrons. The van der Waals surface area contributed by atoms with Crippen LogP contribution >= 0.6 is 24.0 Å². The van der Waals surface area contributed by atoms with E-state index in [9.17, 15) is 4.79 Å². The van der Waals surface area contributed by atoms with Crippen molar-refractivity contribution in [2.45, 2.75) is 52.0 Å². The molecule has 7 heteroatoms. The lowest BCUT2D eigenvalue weighted by Crippen LogP contribution is -2.49. The molecule has 1 amide bonds. The zero-order valence-electron chi connectivity index (χ0n) is 18.4. The number of amides is 1. The third-order valence-electron chi connectivity index (χ3n) is 5.30. The summed E-state index contributed by atoms with van der Waals surface area (Å²) in [4.78, 5) is 19.2. The lowest BCUT2D eigenvalue weighted by Gasteiger charge is -2.40. The van der Waals surface area contributed by atoms with Gasteiger partial charge in [-0.1, -0.05) is 18.6 Å². The highest BCUT2D eigenvalue weighted by molar-refractivity contribution is 14.0.